The third-order valence-corrected chi connectivity index (χ3v) is 2.25. The van der Waals surface area contributed by atoms with Gasteiger partial charge in [-0.3, -0.25) is 9.59 Å². The topological polar surface area (TPSA) is 86.6 Å². The molecule has 1 amide bonds. The molecule has 17 heavy (non-hydrogen) atoms. The summed E-state index contributed by atoms with van der Waals surface area (Å²) in [7, 11) is 0. The van der Waals surface area contributed by atoms with Crippen LogP contribution >= 0.6 is 0 Å². The van der Waals surface area contributed by atoms with E-state index in [9.17, 15) is 14.7 Å². The van der Waals surface area contributed by atoms with E-state index in [1.165, 1.54) is 12.1 Å². The molecule has 0 aromatic heterocycles. The number of hydrogen-bond acceptors (Lipinski definition) is 3. The molecule has 0 aliphatic heterocycles. The van der Waals surface area contributed by atoms with Crippen LogP contribution < -0.4 is 5.32 Å². The predicted molar refractivity (Wildman–Crippen MR) is 62.0 cm³/mol. The lowest BCUT2D eigenvalue weighted by atomic mass is 10.1. The molecule has 0 saturated carbocycles. The molecule has 5 nitrogen and oxygen atoms in total. The molecule has 5 heteroatoms. The van der Waals surface area contributed by atoms with Gasteiger partial charge in [-0.15, -0.1) is 0 Å². The summed E-state index contributed by atoms with van der Waals surface area (Å²) in [5.74, 6) is -1.36. The number of aromatic hydroxyl groups is 1. The van der Waals surface area contributed by atoms with Crippen molar-refractivity contribution >= 4 is 11.9 Å². The van der Waals surface area contributed by atoms with Gasteiger partial charge in [-0.05, 0) is 31.0 Å². The van der Waals surface area contributed by atoms with Gasteiger partial charge in [0.1, 0.15) is 5.75 Å². The molecule has 0 aliphatic rings. The third-order valence-electron chi connectivity index (χ3n) is 2.25. The van der Waals surface area contributed by atoms with Crippen molar-refractivity contribution in [2.45, 2.75) is 19.8 Å². The fraction of sp³-hybridized carbons (Fsp3) is 0.333. The number of carbonyl (C=O) groups is 2. The zero-order valence-electron chi connectivity index (χ0n) is 9.56. The van der Waals surface area contributed by atoms with Gasteiger partial charge < -0.3 is 15.5 Å². The molecule has 1 aromatic carbocycles. The monoisotopic (exact) mass is 237 g/mol. The first-order chi connectivity index (χ1) is 8.00. The number of aliphatic carboxylic acids is 1. The molecular weight excluding hydrogens is 222 g/mol. The minimum atomic E-state index is -0.891. The average molecular weight is 237 g/mol. The number of carboxylic acid groups (broad SMARTS) is 1. The Morgan fingerprint density at radius 2 is 2.06 bits per heavy atom. The van der Waals surface area contributed by atoms with Crippen molar-refractivity contribution in [2.75, 3.05) is 6.54 Å². The zero-order chi connectivity index (χ0) is 12.8. The van der Waals surface area contributed by atoms with Crippen LogP contribution in [0.3, 0.4) is 0 Å². The number of benzene rings is 1. The molecule has 0 atom stereocenters. The highest BCUT2D eigenvalue weighted by Gasteiger charge is 2.10. The van der Waals surface area contributed by atoms with Crippen molar-refractivity contribution in [2.24, 2.45) is 0 Å². The highest BCUT2D eigenvalue weighted by molar-refractivity contribution is 5.96. The van der Waals surface area contributed by atoms with Crippen molar-refractivity contribution in [3.8, 4) is 5.75 Å². The summed E-state index contributed by atoms with van der Waals surface area (Å²) in [6, 6.07) is 4.77. The maximum atomic E-state index is 11.6. The van der Waals surface area contributed by atoms with Crippen molar-refractivity contribution in [1.29, 1.82) is 0 Å². The van der Waals surface area contributed by atoms with Crippen LogP contribution in [0.5, 0.6) is 5.75 Å². The number of hydrogen-bond donors (Lipinski definition) is 3. The van der Waals surface area contributed by atoms with E-state index in [-0.39, 0.29) is 24.3 Å². The van der Waals surface area contributed by atoms with E-state index < -0.39 is 11.9 Å². The minimum absolute atomic E-state index is 0.0140. The molecule has 3 N–H and O–H groups in total. The average Bonchev–Trinajstić information content (AvgIpc) is 2.23. The van der Waals surface area contributed by atoms with Gasteiger partial charge in [-0.2, -0.15) is 0 Å². The fourth-order valence-electron chi connectivity index (χ4n) is 1.37. The van der Waals surface area contributed by atoms with Crippen LogP contribution in [0.4, 0.5) is 0 Å². The first-order valence-corrected chi connectivity index (χ1v) is 5.30. The highest BCUT2D eigenvalue weighted by Crippen LogP contribution is 2.17. The number of carbonyl (C=O) groups excluding carboxylic acids is 1. The molecule has 0 heterocycles. The lowest BCUT2D eigenvalue weighted by molar-refractivity contribution is -0.137. The van der Waals surface area contributed by atoms with Crippen LogP contribution in [-0.2, 0) is 4.79 Å². The zero-order valence-corrected chi connectivity index (χ0v) is 9.56. The quantitative estimate of drug-likeness (QED) is 0.673. The van der Waals surface area contributed by atoms with Gasteiger partial charge in [-0.25, -0.2) is 0 Å². The SMILES string of the molecule is Cc1ccc(C(=O)NCCCC(=O)O)c(O)c1. The molecule has 0 radical (unpaired) electrons. The Morgan fingerprint density at radius 1 is 1.35 bits per heavy atom. The normalized spacial score (nSPS) is 9.94. The van der Waals surface area contributed by atoms with E-state index in [2.05, 4.69) is 5.32 Å². The van der Waals surface area contributed by atoms with E-state index in [1.807, 2.05) is 6.92 Å². The second-order valence-corrected chi connectivity index (χ2v) is 3.77. The van der Waals surface area contributed by atoms with E-state index in [4.69, 9.17) is 5.11 Å². The standard InChI is InChI=1S/C12H15NO4/c1-8-4-5-9(10(14)7-8)12(17)13-6-2-3-11(15)16/h4-5,7,14H,2-3,6H2,1H3,(H,13,17)(H,15,16). The molecule has 0 unspecified atom stereocenters. The van der Waals surface area contributed by atoms with Crippen molar-refractivity contribution < 1.29 is 19.8 Å². The van der Waals surface area contributed by atoms with Crippen LogP contribution in [0, 0.1) is 6.92 Å². The molecule has 1 rings (SSSR count). The Labute approximate surface area is 99.1 Å². The van der Waals surface area contributed by atoms with Gasteiger partial charge in [0.05, 0.1) is 5.56 Å². The summed E-state index contributed by atoms with van der Waals surface area (Å²) in [5.41, 5.74) is 1.07. The lowest BCUT2D eigenvalue weighted by Crippen LogP contribution is -2.24. The second-order valence-electron chi connectivity index (χ2n) is 3.77. The van der Waals surface area contributed by atoms with E-state index in [0.717, 1.165) is 5.56 Å². The number of nitrogens with one attached hydrogen (secondary N) is 1. The van der Waals surface area contributed by atoms with Crippen LogP contribution in [0.15, 0.2) is 18.2 Å². The van der Waals surface area contributed by atoms with Gasteiger partial charge in [0, 0.05) is 13.0 Å². The lowest BCUT2D eigenvalue weighted by Gasteiger charge is -2.06. The van der Waals surface area contributed by atoms with E-state index >= 15 is 0 Å². The largest absolute Gasteiger partial charge is 0.507 e. The smallest absolute Gasteiger partial charge is 0.303 e. The number of aryl methyl sites for hydroxylation is 1. The molecule has 0 fully saturated rings. The number of phenolic OH excluding ortho intramolecular Hbond substituents is 1. The first kappa shape index (κ1) is 13.0. The molecule has 92 valence electrons. The summed E-state index contributed by atoms with van der Waals surface area (Å²) >= 11 is 0. The Bertz CT molecular complexity index is 429. The van der Waals surface area contributed by atoms with Crippen LogP contribution in [-0.4, -0.2) is 28.6 Å². The Morgan fingerprint density at radius 3 is 2.65 bits per heavy atom. The molecule has 0 bridgehead atoms. The van der Waals surface area contributed by atoms with Gasteiger partial charge >= 0.3 is 5.97 Å². The second kappa shape index (κ2) is 5.89. The first-order valence-electron chi connectivity index (χ1n) is 5.30. The Balaban J connectivity index is 2.50. The maximum absolute atomic E-state index is 11.6. The predicted octanol–water partition coefficient (Wildman–Crippen LogP) is 1.30. The van der Waals surface area contributed by atoms with Crippen molar-refractivity contribution in [1.82, 2.24) is 5.32 Å². The highest BCUT2D eigenvalue weighted by atomic mass is 16.4. The maximum Gasteiger partial charge on any atom is 0.303 e. The number of amides is 1. The fourth-order valence-corrected chi connectivity index (χ4v) is 1.37. The Hall–Kier alpha value is -2.04. The van der Waals surface area contributed by atoms with Crippen molar-refractivity contribution in [3.63, 3.8) is 0 Å². The summed E-state index contributed by atoms with van der Waals surface area (Å²) in [6.45, 7) is 2.09. The van der Waals surface area contributed by atoms with Gasteiger partial charge in [0.15, 0.2) is 0 Å². The van der Waals surface area contributed by atoms with Gasteiger partial charge in [0.25, 0.3) is 5.91 Å². The van der Waals surface area contributed by atoms with Crippen LogP contribution in [0.1, 0.15) is 28.8 Å². The van der Waals surface area contributed by atoms with Crippen molar-refractivity contribution in [3.05, 3.63) is 29.3 Å². The van der Waals surface area contributed by atoms with E-state index in [0.29, 0.717) is 6.42 Å². The molecule has 1 aromatic rings. The Kier molecular flexibility index (Phi) is 4.51. The molecular formula is C12H15NO4. The number of carboxylic acids is 1. The number of phenols is 1. The molecule has 0 aliphatic carbocycles. The summed E-state index contributed by atoms with van der Waals surface area (Å²) < 4.78 is 0. The summed E-state index contributed by atoms with van der Waals surface area (Å²) in [6.07, 6.45) is 0.383. The summed E-state index contributed by atoms with van der Waals surface area (Å²) in [5, 5.41) is 20.5. The summed E-state index contributed by atoms with van der Waals surface area (Å²) in [4.78, 5) is 21.9. The minimum Gasteiger partial charge on any atom is -0.507 e. The molecule has 0 spiro atoms. The van der Waals surface area contributed by atoms with E-state index in [1.54, 1.807) is 6.07 Å². The van der Waals surface area contributed by atoms with Crippen LogP contribution in [0.25, 0.3) is 0 Å². The van der Waals surface area contributed by atoms with Gasteiger partial charge in [0.2, 0.25) is 0 Å². The van der Waals surface area contributed by atoms with Gasteiger partial charge in [-0.1, -0.05) is 6.07 Å². The number of rotatable bonds is 5. The third kappa shape index (κ3) is 4.14. The van der Waals surface area contributed by atoms with Crippen LogP contribution in [0.2, 0.25) is 0 Å². The molecule has 0 saturated heterocycles.